The van der Waals surface area contributed by atoms with Gasteiger partial charge in [0.2, 0.25) is 0 Å². The molecule has 0 aliphatic heterocycles. The molecule has 0 saturated heterocycles. The van der Waals surface area contributed by atoms with Gasteiger partial charge in [-0.25, -0.2) is 4.98 Å². The molecule has 0 radical (unpaired) electrons. The van der Waals surface area contributed by atoms with Crippen LogP contribution in [-0.4, -0.2) is 51.2 Å². The summed E-state index contributed by atoms with van der Waals surface area (Å²) < 4.78 is 0. The van der Waals surface area contributed by atoms with Gasteiger partial charge >= 0.3 is 0 Å². The zero-order chi connectivity index (χ0) is 13.5. The molecule has 102 valence electrons. The van der Waals surface area contributed by atoms with Crippen molar-refractivity contribution >= 4 is 17.4 Å². The molecular weight excluding hydrogens is 248 g/mol. The van der Waals surface area contributed by atoms with Crippen LogP contribution >= 0.6 is 11.6 Å². The molecule has 0 aliphatic carbocycles. The minimum absolute atomic E-state index is 0.693. The van der Waals surface area contributed by atoms with E-state index >= 15 is 0 Å². The summed E-state index contributed by atoms with van der Waals surface area (Å²) in [4.78, 5) is 8.93. The van der Waals surface area contributed by atoms with Gasteiger partial charge in [-0.1, -0.05) is 11.6 Å². The van der Waals surface area contributed by atoms with Crippen LogP contribution in [0.5, 0.6) is 0 Å². The monoisotopic (exact) mass is 270 g/mol. The van der Waals surface area contributed by atoms with Gasteiger partial charge in [0.25, 0.3) is 0 Å². The second-order valence-electron chi connectivity index (χ2n) is 4.71. The molecule has 1 aromatic heterocycles. The molecule has 4 nitrogen and oxygen atoms in total. The number of halogens is 1. The number of nitrogens with zero attached hydrogens (tertiary/aromatic N) is 3. The number of aromatic nitrogens is 1. The fourth-order valence-corrected chi connectivity index (χ4v) is 1.89. The molecule has 1 rings (SSSR count). The van der Waals surface area contributed by atoms with Crippen LogP contribution in [0.3, 0.4) is 0 Å². The Labute approximate surface area is 115 Å². The van der Waals surface area contributed by atoms with Gasteiger partial charge in [0.15, 0.2) is 0 Å². The highest BCUT2D eigenvalue weighted by Gasteiger charge is 2.07. The van der Waals surface area contributed by atoms with E-state index in [0.717, 1.165) is 36.0 Å². The molecule has 0 unspecified atom stereocenters. The van der Waals surface area contributed by atoms with Gasteiger partial charge in [0, 0.05) is 20.1 Å². The van der Waals surface area contributed by atoms with Crippen LogP contribution < -0.4 is 10.2 Å². The molecule has 1 aromatic rings. The number of nitrogens with one attached hydrogen (secondary N) is 1. The van der Waals surface area contributed by atoms with Crippen LogP contribution in [0.15, 0.2) is 12.1 Å². The lowest BCUT2D eigenvalue weighted by Gasteiger charge is -2.20. The smallest absolute Gasteiger partial charge is 0.128 e. The minimum atomic E-state index is 0.693. The van der Waals surface area contributed by atoms with Gasteiger partial charge in [-0.15, -0.1) is 0 Å². The molecule has 0 atom stereocenters. The van der Waals surface area contributed by atoms with Crippen molar-refractivity contribution in [3.8, 4) is 0 Å². The highest BCUT2D eigenvalue weighted by atomic mass is 35.5. The van der Waals surface area contributed by atoms with E-state index in [4.69, 9.17) is 11.6 Å². The maximum absolute atomic E-state index is 6.10. The molecule has 0 aliphatic rings. The summed E-state index contributed by atoms with van der Waals surface area (Å²) in [6, 6.07) is 3.89. The lowest BCUT2D eigenvalue weighted by molar-refractivity contribution is 0.401. The molecule has 0 bridgehead atoms. The van der Waals surface area contributed by atoms with E-state index in [9.17, 15) is 0 Å². The highest BCUT2D eigenvalue weighted by Crippen LogP contribution is 2.18. The molecule has 0 spiro atoms. The van der Waals surface area contributed by atoms with Crippen molar-refractivity contribution in [3.05, 3.63) is 22.8 Å². The molecule has 5 heteroatoms. The summed E-state index contributed by atoms with van der Waals surface area (Å²) in [6.07, 6.45) is 1.12. The normalized spacial score (nSPS) is 11.0. The van der Waals surface area contributed by atoms with Crippen molar-refractivity contribution < 1.29 is 0 Å². The molecule has 0 amide bonds. The summed E-state index contributed by atoms with van der Waals surface area (Å²) in [5, 5.41) is 3.79. The fourth-order valence-electron chi connectivity index (χ4n) is 1.72. The third-order valence-corrected chi connectivity index (χ3v) is 3.08. The maximum atomic E-state index is 6.10. The van der Waals surface area contributed by atoms with Crippen molar-refractivity contribution in [2.75, 3.05) is 46.2 Å². The van der Waals surface area contributed by atoms with E-state index in [0.29, 0.717) is 6.54 Å². The molecule has 18 heavy (non-hydrogen) atoms. The molecule has 0 fully saturated rings. The second kappa shape index (κ2) is 7.56. The Morgan fingerprint density at radius 3 is 2.56 bits per heavy atom. The van der Waals surface area contributed by atoms with E-state index in [1.165, 1.54) is 0 Å². The van der Waals surface area contributed by atoms with Crippen molar-refractivity contribution in [3.63, 3.8) is 0 Å². The molecular formula is C13H23ClN4. The Hall–Kier alpha value is -0.840. The average molecular weight is 271 g/mol. The number of pyridine rings is 1. The third-order valence-electron chi connectivity index (χ3n) is 2.74. The van der Waals surface area contributed by atoms with Crippen molar-refractivity contribution in [1.82, 2.24) is 15.2 Å². The molecule has 1 heterocycles. The van der Waals surface area contributed by atoms with E-state index in [1.807, 2.05) is 19.2 Å². The Kier molecular flexibility index (Phi) is 6.39. The highest BCUT2D eigenvalue weighted by molar-refractivity contribution is 6.31. The van der Waals surface area contributed by atoms with Crippen LogP contribution in [0.4, 0.5) is 5.82 Å². The average Bonchev–Trinajstić information content (AvgIpc) is 2.31. The third kappa shape index (κ3) is 4.80. The van der Waals surface area contributed by atoms with Gasteiger partial charge in [-0.2, -0.15) is 0 Å². The first-order valence-electron chi connectivity index (χ1n) is 6.20. The number of anilines is 1. The van der Waals surface area contributed by atoms with Gasteiger partial charge < -0.3 is 15.1 Å². The van der Waals surface area contributed by atoms with Gasteiger partial charge in [-0.05, 0) is 46.2 Å². The standard InChI is InChI=1S/C13H23ClN4/c1-15-10-12-11(14)6-7-13(16-12)18(4)9-5-8-17(2)3/h6-7,15H,5,8-10H2,1-4H3. The van der Waals surface area contributed by atoms with Crippen LogP contribution in [0.25, 0.3) is 0 Å². The van der Waals surface area contributed by atoms with Gasteiger partial charge in [0.1, 0.15) is 5.82 Å². The molecule has 0 saturated carbocycles. The van der Waals surface area contributed by atoms with Crippen LogP contribution in [-0.2, 0) is 6.54 Å². The lowest BCUT2D eigenvalue weighted by atomic mass is 10.3. The Morgan fingerprint density at radius 1 is 1.22 bits per heavy atom. The predicted octanol–water partition coefficient (Wildman–Crippen LogP) is 1.84. The first kappa shape index (κ1) is 15.2. The fraction of sp³-hybridized carbons (Fsp3) is 0.615. The maximum Gasteiger partial charge on any atom is 0.128 e. The zero-order valence-corrected chi connectivity index (χ0v) is 12.5. The Bertz CT molecular complexity index is 368. The van der Waals surface area contributed by atoms with Crippen molar-refractivity contribution in [2.24, 2.45) is 0 Å². The van der Waals surface area contributed by atoms with Gasteiger partial charge in [-0.3, -0.25) is 0 Å². The SMILES string of the molecule is CNCc1nc(N(C)CCCN(C)C)ccc1Cl. The number of hydrogen-bond donors (Lipinski definition) is 1. The lowest BCUT2D eigenvalue weighted by Crippen LogP contribution is -2.24. The van der Waals surface area contributed by atoms with E-state index in [2.05, 4.69) is 41.2 Å². The van der Waals surface area contributed by atoms with Crippen LogP contribution in [0.1, 0.15) is 12.1 Å². The second-order valence-corrected chi connectivity index (χ2v) is 5.11. The quantitative estimate of drug-likeness (QED) is 0.819. The topological polar surface area (TPSA) is 31.4 Å². The van der Waals surface area contributed by atoms with E-state index in [-0.39, 0.29) is 0 Å². The Morgan fingerprint density at radius 2 is 1.94 bits per heavy atom. The first-order valence-corrected chi connectivity index (χ1v) is 6.58. The molecule has 1 N–H and O–H groups in total. The summed E-state index contributed by atoms with van der Waals surface area (Å²) in [7, 11) is 8.14. The zero-order valence-electron chi connectivity index (χ0n) is 11.7. The first-order chi connectivity index (χ1) is 8.54. The largest absolute Gasteiger partial charge is 0.360 e. The van der Waals surface area contributed by atoms with Crippen LogP contribution in [0.2, 0.25) is 5.02 Å². The van der Waals surface area contributed by atoms with E-state index < -0.39 is 0 Å². The van der Waals surface area contributed by atoms with Crippen LogP contribution in [0, 0.1) is 0 Å². The summed E-state index contributed by atoms with van der Waals surface area (Å²) in [6.45, 7) is 2.77. The van der Waals surface area contributed by atoms with E-state index in [1.54, 1.807) is 0 Å². The minimum Gasteiger partial charge on any atom is -0.360 e. The number of hydrogen-bond acceptors (Lipinski definition) is 4. The molecule has 0 aromatic carbocycles. The van der Waals surface area contributed by atoms with Gasteiger partial charge in [0.05, 0.1) is 10.7 Å². The summed E-state index contributed by atoms with van der Waals surface area (Å²) >= 11 is 6.10. The van der Waals surface area contributed by atoms with Crippen molar-refractivity contribution in [1.29, 1.82) is 0 Å². The summed E-state index contributed by atoms with van der Waals surface area (Å²) in [5.74, 6) is 0.975. The van der Waals surface area contributed by atoms with Crippen molar-refractivity contribution in [2.45, 2.75) is 13.0 Å². The number of rotatable bonds is 7. The Balaban J connectivity index is 2.62. The predicted molar refractivity (Wildman–Crippen MR) is 78.5 cm³/mol. The summed E-state index contributed by atoms with van der Waals surface area (Å²) in [5.41, 5.74) is 0.899.